The predicted octanol–water partition coefficient (Wildman–Crippen LogP) is 2.46. The van der Waals surface area contributed by atoms with Crippen molar-refractivity contribution in [2.75, 3.05) is 6.54 Å². The number of likely N-dealkylation sites (N-methyl/N-ethyl adjacent to an activating group) is 1. The lowest BCUT2D eigenvalue weighted by molar-refractivity contribution is 0.440. The maximum absolute atomic E-state index is 4.55. The van der Waals surface area contributed by atoms with E-state index in [1.165, 1.54) is 29.8 Å². The first kappa shape index (κ1) is 12.5. The molecule has 0 saturated carbocycles. The average Bonchev–Trinajstić information content (AvgIpc) is 2.83. The Hall–Kier alpha value is -0.960. The molecular weight excluding hydrogens is 210 g/mol. The summed E-state index contributed by atoms with van der Waals surface area (Å²) in [6.45, 7) is 7.72. The second-order valence-corrected chi connectivity index (χ2v) is 4.90. The van der Waals surface area contributed by atoms with E-state index in [0.29, 0.717) is 12.0 Å². The minimum atomic E-state index is 0.481. The fourth-order valence-electron chi connectivity index (χ4n) is 2.90. The van der Waals surface area contributed by atoms with Gasteiger partial charge in [0.1, 0.15) is 6.33 Å². The number of nitrogens with zero attached hydrogens (tertiary/aromatic N) is 2. The quantitative estimate of drug-likeness (QED) is 0.849. The first-order valence-electron chi connectivity index (χ1n) is 6.83. The predicted molar refractivity (Wildman–Crippen MR) is 70.2 cm³/mol. The van der Waals surface area contributed by atoms with Gasteiger partial charge in [-0.1, -0.05) is 20.8 Å². The van der Waals surface area contributed by atoms with Crippen LogP contribution in [0, 0.1) is 0 Å². The van der Waals surface area contributed by atoms with Gasteiger partial charge >= 0.3 is 0 Å². The molecular formula is C14H23N3. The third-order valence-corrected chi connectivity index (χ3v) is 3.85. The maximum Gasteiger partial charge on any atom is 0.115 e. The standard InChI is InChI=1S/C14H23N3/c1-4-12(15-5-2)10(3)14-11-7-6-8-13(11)16-9-17-14/h9-10,12,15H,4-8H2,1-3H3. The second kappa shape index (κ2) is 5.58. The number of hydrogen-bond donors (Lipinski definition) is 1. The summed E-state index contributed by atoms with van der Waals surface area (Å²) in [5.41, 5.74) is 3.99. The molecule has 2 atom stereocenters. The van der Waals surface area contributed by atoms with Crippen molar-refractivity contribution in [3.05, 3.63) is 23.3 Å². The van der Waals surface area contributed by atoms with Crippen molar-refractivity contribution in [1.29, 1.82) is 0 Å². The van der Waals surface area contributed by atoms with Crippen LogP contribution >= 0.6 is 0 Å². The molecule has 2 rings (SSSR count). The number of aryl methyl sites for hydroxylation is 1. The fourth-order valence-corrected chi connectivity index (χ4v) is 2.90. The molecule has 1 heterocycles. The third-order valence-electron chi connectivity index (χ3n) is 3.85. The van der Waals surface area contributed by atoms with Crippen LogP contribution < -0.4 is 5.32 Å². The van der Waals surface area contributed by atoms with Gasteiger partial charge in [-0.05, 0) is 37.8 Å². The summed E-state index contributed by atoms with van der Waals surface area (Å²) < 4.78 is 0. The van der Waals surface area contributed by atoms with E-state index in [9.17, 15) is 0 Å². The Balaban J connectivity index is 2.24. The van der Waals surface area contributed by atoms with Crippen molar-refractivity contribution in [1.82, 2.24) is 15.3 Å². The monoisotopic (exact) mass is 233 g/mol. The van der Waals surface area contributed by atoms with Gasteiger partial charge in [0.2, 0.25) is 0 Å². The zero-order valence-electron chi connectivity index (χ0n) is 11.2. The summed E-state index contributed by atoms with van der Waals surface area (Å²) in [5.74, 6) is 0.481. The summed E-state index contributed by atoms with van der Waals surface area (Å²) in [5, 5.41) is 3.56. The molecule has 3 heteroatoms. The van der Waals surface area contributed by atoms with E-state index in [0.717, 1.165) is 19.4 Å². The number of nitrogens with one attached hydrogen (secondary N) is 1. The van der Waals surface area contributed by atoms with Crippen molar-refractivity contribution in [2.45, 2.75) is 58.4 Å². The van der Waals surface area contributed by atoms with Crippen molar-refractivity contribution in [3.8, 4) is 0 Å². The molecule has 0 saturated heterocycles. The summed E-state index contributed by atoms with van der Waals surface area (Å²) in [7, 11) is 0. The van der Waals surface area contributed by atoms with Crippen LogP contribution in [-0.4, -0.2) is 22.6 Å². The van der Waals surface area contributed by atoms with Gasteiger partial charge in [0, 0.05) is 17.7 Å². The van der Waals surface area contributed by atoms with Gasteiger partial charge in [0.25, 0.3) is 0 Å². The molecule has 0 amide bonds. The molecule has 0 aromatic carbocycles. The molecule has 94 valence electrons. The summed E-state index contributed by atoms with van der Waals surface area (Å²) >= 11 is 0. The van der Waals surface area contributed by atoms with Crippen LogP contribution in [-0.2, 0) is 12.8 Å². The fraction of sp³-hybridized carbons (Fsp3) is 0.714. The van der Waals surface area contributed by atoms with E-state index in [1.807, 2.05) is 0 Å². The molecule has 0 radical (unpaired) electrons. The molecule has 0 aliphatic heterocycles. The molecule has 17 heavy (non-hydrogen) atoms. The van der Waals surface area contributed by atoms with Gasteiger partial charge in [-0.25, -0.2) is 9.97 Å². The minimum absolute atomic E-state index is 0.481. The van der Waals surface area contributed by atoms with Gasteiger partial charge in [0.05, 0.1) is 5.69 Å². The highest BCUT2D eigenvalue weighted by Gasteiger charge is 2.24. The van der Waals surface area contributed by atoms with Gasteiger partial charge in [-0.3, -0.25) is 0 Å². The zero-order chi connectivity index (χ0) is 12.3. The molecule has 1 N–H and O–H groups in total. The van der Waals surface area contributed by atoms with Crippen LogP contribution in [0.15, 0.2) is 6.33 Å². The molecule has 1 aliphatic rings. The first-order chi connectivity index (χ1) is 8.27. The van der Waals surface area contributed by atoms with Gasteiger partial charge in [0.15, 0.2) is 0 Å². The van der Waals surface area contributed by atoms with E-state index in [4.69, 9.17) is 0 Å². The Kier molecular flexibility index (Phi) is 4.11. The smallest absolute Gasteiger partial charge is 0.115 e. The lowest BCUT2D eigenvalue weighted by atomic mass is 9.92. The van der Waals surface area contributed by atoms with Crippen LogP contribution in [0.3, 0.4) is 0 Å². The largest absolute Gasteiger partial charge is 0.314 e. The highest BCUT2D eigenvalue weighted by atomic mass is 14.9. The Bertz CT molecular complexity index is 376. The van der Waals surface area contributed by atoms with Crippen LogP contribution in [0.25, 0.3) is 0 Å². The van der Waals surface area contributed by atoms with E-state index in [-0.39, 0.29) is 0 Å². The van der Waals surface area contributed by atoms with Crippen LogP contribution in [0.4, 0.5) is 0 Å². The Morgan fingerprint density at radius 1 is 1.29 bits per heavy atom. The van der Waals surface area contributed by atoms with Gasteiger partial charge < -0.3 is 5.32 Å². The van der Waals surface area contributed by atoms with Crippen molar-refractivity contribution in [2.24, 2.45) is 0 Å². The van der Waals surface area contributed by atoms with Crippen LogP contribution in [0.2, 0.25) is 0 Å². The summed E-state index contributed by atoms with van der Waals surface area (Å²) in [6.07, 6.45) is 6.43. The normalized spacial score (nSPS) is 17.8. The van der Waals surface area contributed by atoms with E-state index in [2.05, 4.69) is 36.1 Å². The lowest BCUT2D eigenvalue weighted by Gasteiger charge is -2.24. The zero-order valence-corrected chi connectivity index (χ0v) is 11.2. The first-order valence-corrected chi connectivity index (χ1v) is 6.83. The molecule has 3 nitrogen and oxygen atoms in total. The number of fused-ring (bicyclic) bond motifs is 1. The molecule has 2 unspecified atom stereocenters. The SMILES string of the molecule is CCNC(CC)C(C)c1ncnc2c1CCC2. The van der Waals surface area contributed by atoms with Gasteiger partial charge in [-0.2, -0.15) is 0 Å². The summed E-state index contributed by atoms with van der Waals surface area (Å²) in [6, 6.07) is 0.527. The number of rotatable bonds is 5. The average molecular weight is 233 g/mol. The summed E-state index contributed by atoms with van der Waals surface area (Å²) in [4.78, 5) is 8.95. The van der Waals surface area contributed by atoms with Crippen LogP contribution in [0.1, 0.15) is 56.5 Å². The highest BCUT2D eigenvalue weighted by Crippen LogP contribution is 2.29. The van der Waals surface area contributed by atoms with Gasteiger partial charge in [-0.15, -0.1) is 0 Å². The molecule has 1 aromatic heterocycles. The lowest BCUT2D eigenvalue weighted by Crippen LogP contribution is -2.33. The Morgan fingerprint density at radius 3 is 2.82 bits per heavy atom. The van der Waals surface area contributed by atoms with Crippen molar-refractivity contribution in [3.63, 3.8) is 0 Å². The Labute approximate surface area is 104 Å². The van der Waals surface area contributed by atoms with Crippen LogP contribution in [0.5, 0.6) is 0 Å². The van der Waals surface area contributed by atoms with Crippen molar-refractivity contribution >= 4 is 0 Å². The van der Waals surface area contributed by atoms with E-state index >= 15 is 0 Å². The Morgan fingerprint density at radius 2 is 2.12 bits per heavy atom. The van der Waals surface area contributed by atoms with Crippen molar-refractivity contribution < 1.29 is 0 Å². The topological polar surface area (TPSA) is 37.8 Å². The molecule has 0 spiro atoms. The molecule has 1 aliphatic carbocycles. The second-order valence-electron chi connectivity index (χ2n) is 4.90. The van der Waals surface area contributed by atoms with E-state index < -0.39 is 0 Å². The molecule has 0 fully saturated rings. The minimum Gasteiger partial charge on any atom is -0.314 e. The number of aromatic nitrogens is 2. The van der Waals surface area contributed by atoms with E-state index in [1.54, 1.807) is 6.33 Å². The molecule has 0 bridgehead atoms. The third kappa shape index (κ3) is 2.49. The highest BCUT2D eigenvalue weighted by molar-refractivity contribution is 5.31. The number of hydrogen-bond acceptors (Lipinski definition) is 3. The maximum atomic E-state index is 4.55. The molecule has 1 aromatic rings.